The fourth-order valence-electron chi connectivity index (χ4n) is 5.51. The highest BCUT2D eigenvalue weighted by Gasteiger charge is 2.44. The Morgan fingerprint density at radius 1 is 1.13 bits per heavy atom. The molecular formula is C24H29N5O2. The molecule has 162 valence electrons. The van der Waals surface area contributed by atoms with E-state index in [1.165, 1.54) is 16.5 Å². The van der Waals surface area contributed by atoms with Crippen LogP contribution in [0.25, 0.3) is 22.3 Å². The normalized spacial score (nSPS) is 20.6. The Morgan fingerprint density at radius 2 is 1.97 bits per heavy atom. The summed E-state index contributed by atoms with van der Waals surface area (Å²) in [4.78, 5) is 21.5. The number of nitrogens with zero attached hydrogens (tertiary/aromatic N) is 3. The lowest BCUT2D eigenvalue weighted by Crippen LogP contribution is -2.44. The summed E-state index contributed by atoms with van der Waals surface area (Å²) in [7, 11) is 0. The Labute approximate surface area is 181 Å². The molecule has 0 spiro atoms. The van der Waals surface area contributed by atoms with Crippen LogP contribution >= 0.6 is 0 Å². The van der Waals surface area contributed by atoms with E-state index in [9.17, 15) is 4.79 Å². The molecule has 4 heterocycles. The molecule has 6 rings (SSSR count). The van der Waals surface area contributed by atoms with Crippen molar-refractivity contribution in [2.45, 2.75) is 38.5 Å². The van der Waals surface area contributed by atoms with Crippen molar-refractivity contribution in [2.24, 2.45) is 0 Å². The van der Waals surface area contributed by atoms with E-state index in [-0.39, 0.29) is 5.91 Å². The molecule has 1 aromatic carbocycles. The Bertz CT molecular complexity index is 1170. The number of carbonyl (C=O) groups excluding carboxylic acids is 1. The Balaban J connectivity index is 1.42. The number of rotatable bonds is 3. The van der Waals surface area contributed by atoms with Gasteiger partial charge in [-0.2, -0.15) is 5.10 Å². The summed E-state index contributed by atoms with van der Waals surface area (Å²) in [6.07, 6.45) is 5.12. The third-order valence-corrected chi connectivity index (χ3v) is 7.35. The van der Waals surface area contributed by atoms with Crippen molar-refractivity contribution in [3.8, 4) is 11.4 Å². The van der Waals surface area contributed by atoms with Gasteiger partial charge in [0, 0.05) is 42.8 Å². The number of aryl methyl sites for hydroxylation is 2. The molecule has 3 aromatic rings. The van der Waals surface area contributed by atoms with E-state index in [1.807, 2.05) is 11.1 Å². The second kappa shape index (κ2) is 6.93. The molecule has 0 radical (unpaired) electrons. The summed E-state index contributed by atoms with van der Waals surface area (Å²) in [5.41, 5.74) is 7.68. The summed E-state index contributed by atoms with van der Waals surface area (Å²) in [5.74, 6) is 0.199. The number of hydrogen-bond acceptors (Lipinski definition) is 4. The van der Waals surface area contributed by atoms with Crippen LogP contribution in [0, 0.1) is 0 Å². The number of benzene rings is 1. The molecule has 0 saturated carbocycles. The highest BCUT2D eigenvalue weighted by atomic mass is 16.5. The largest absolute Gasteiger partial charge is 0.379 e. The van der Waals surface area contributed by atoms with Gasteiger partial charge in [0.05, 0.1) is 36.2 Å². The van der Waals surface area contributed by atoms with Crippen LogP contribution < -0.4 is 4.90 Å². The molecule has 3 aliphatic rings. The monoisotopic (exact) mass is 419 g/mol. The van der Waals surface area contributed by atoms with E-state index in [2.05, 4.69) is 46.1 Å². The van der Waals surface area contributed by atoms with Gasteiger partial charge < -0.3 is 14.6 Å². The molecule has 2 N–H and O–H groups in total. The van der Waals surface area contributed by atoms with Gasteiger partial charge in [-0.05, 0) is 61.9 Å². The number of morpholine rings is 1. The topological polar surface area (TPSA) is 77.2 Å². The van der Waals surface area contributed by atoms with E-state index >= 15 is 0 Å². The van der Waals surface area contributed by atoms with E-state index in [1.54, 1.807) is 0 Å². The van der Waals surface area contributed by atoms with Crippen LogP contribution in [0.3, 0.4) is 0 Å². The first-order valence-electron chi connectivity index (χ1n) is 11.4. The summed E-state index contributed by atoms with van der Waals surface area (Å²) in [6.45, 7) is 9.14. The van der Waals surface area contributed by atoms with E-state index in [0.717, 1.165) is 86.8 Å². The van der Waals surface area contributed by atoms with E-state index in [4.69, 9.17) is 4.74 Å². The number of aromatic amines is 2. The average molecular weight is 420 g/mol. The van der Waals surface area contributed by atoms with Gasteiger partial charge in [0.25, 0.3) is 0 Å². The first-order chi connectivity index (χ1) is 15.0. The van der Waals surface area contributed by atoms with Gasteiger partial charge in [-0.15, -0.1) is 0 Å². The van der Waals surface area contributed by atoms with Gasteiger partial charge in [-0.1, -0.05) is 0 Å². The molecule has 1 aliphatic carbocycles. The molecule has 7 heteroatoms. The Kier molecular flexibility index (Phi) is 4.27. The zero-order chi connectivity index (χ0) is 21.2. The highest BCUT2D eigenvalue weighted by Crippen LogP contribution is 2.45. The van der Waals surface area contributed by atoms with Crippen molar-refractivity contribution in [2.75, 3.05) is 44.3 Å². The van der Waals surface area contributed by atoms with Crippen LogP contribution in [-0.4, -0.2) is 65.4 Å². The number of hydrogen-bond donors (Lipinski definition) is 2. The third-order valence-electron chi connectivity index (χ3n) is 7.35. The zero-order valence-corrected chi connectivity index (χ0v) is 18.3. The molecule has 1 fully saturated rings. The van der Waals surface area contributed by atoms with Gasteiger partial charge in [0.1, 0.15) is 0 Å². The first-order valence-corrected chi connectivity index (χ1v) is 11.4. The van der Waals surface area contributed by atoms with Crippen LogP contribution in [0.5, 0.6) is 0 Å². The summed E-state index contributed by atoms with van der Waals surface area (Å²) in [5, 5.41) is 8.71. The van der Waals surface area contributed by atoms with Crippen molar-refractivity contribution in [3.05, 3.63) is 35.0 Å². The number of H-pyrrole nitrogens is 2. The summed E-state index contributed by atoms with van der Waals surface area (Å²) >= 11 is 0. The number of carbonyl (C=O) groups is 1. The fourth-order valence-corrected chi connectivity index (χ4v) is 5.51. The second-order valence-corrected chi connectivity index (χ2v) is 9.55. The number of fused-ring (bicyclic) bond motifs is 6. The van der Waals surface area contributed by atoms with Gasteiger partial charge in [-0.25, -0.2) is 0 Å². The lowest BCUT2D eigenvalue weighted by molar-refractivity contribution is -0.122. The predicted molar refractivity (Wildman–Crippen MR) is 121 cm³/mol. The minimum absolute atomic E-state index is 0.199. The smallest absolute Gasteiger partial charge is 0.237 e. The molecule has 2 aliphatic heterocycles. The number of ether oxygens (including phenoxy) is 1. The second-order valence-electron chi connectivity index (χ2n) is 9.55. The quantitative estimate of drug-likeness (QED) is 0.684. The lowest BCUT2D eigenvalue weighted by Gasteiger charge is -2.29. The van der Waals surface area contributed by atoms with Crippen molar-refractivity contribution >= 4 is 22.5 Å². The molecule has 31 heavy (non-hydrogen) atoms. The summed E-state index contributed by atoms with van der Waals surface area (Å²) < 4.78 is 5.47. The molecule has 7 nitrogen and oxygen atoms in total. The van der Waals surface area contributed by atoms with Crippen LogP contribution in [0.4, 0.5) is 5.69 Å². The molecule has 0 bridgehead atoms. The van der Waals surface area contributed by atoms with Gasteiger partial charge in [-0.3, -0.25) is 14.8 Å². The SMILES string of the molecule is CC1(C)C(=O)N(CCN2CCOCC2)c2cc3c4c([nH]c3cc21)-c1[nH]ncc1CCC4. The Morgan fingerprint density at radius 3 is 2.81 bits per heavy atom. The van der Waals surface area contributed by atoms with Gasteiger partial charge in [0.15, 0.2) is 0 Å². The Hall–Kier alpha value is -2.64. The van der Waals surface area contributed by atoms with Crippen LogP contribution in [0.15, 0.2) is 18.3 Å². The summed E-state index contributed by atoms with van der Waals surface area (Å²) in [6, 6.07) is 4.47. The standard InChI is InChI=1S/C24H29N5O2/c1-24(2)18-13-19-17(16-5-3-4-15-14-25-27-21(15)22(16)26-19)12-20(18)29(23(24)30)7-6-28-8-10-31-11-9-28/h12-14,26H,3-11H2,1-2H3,(H,25,27). The van der Waals surface area contributed by atoms with Crippen LogP contribution in [-0.2, 0) is 27.8 Å². The number of amides is 1. The van der Waals surface area contributed by atoms with Crippen LogP contribution in [0.1, 0.15) is 37.0 Å². The molecular weight excluding hydrogens is 390 g/mol. The molecule has 1 saturated heterocycles. The van der Waals surface area contributed by atoms with Crippen molar-refractivity contribution in [1.82, 2.24) is 20.1 Å². The van der Waals surface area contributed by atoms with E-state index in [0.29, 0.717) is 0 Å². The zero-order valence-electron chi connectivity index (χ0n) is 18.3. The highest BCUT2D eigenvalue weighted by molar-refractivity contribution is 6.10. The van der Waals surface area contributed by atoms with Crippen LogP contribution in [0.2, 0.25) is 0 Å². The van der Waals surface area contributed by atoms with E-state index < -0.39 is 5.41 Å². The van der Waals surface area contributed by atoms with Gasteiger partial charge in [0.2, 0.25) is 5.91 Å². The van der Waals surface area contributed by atoms with Crippen molar-refractivity contribution in [3.63, 3.8) is 0 Å². The fraction of sp³-hybridized carbons (Fsp3) is 0.500. The minimum Gasteiger partial charge on any atom is -0.379 e. The maximum atomic E-state index is 13.4. The number of nitrogens with one attached hydrogen (secondary N) is 2. The first kappa shape index (κ1) is 19.1. The average Bonchev–Trinajstić information content (AvgIpc) is 3.39. The third kappa shape index (κ3) is 2.87. The van der Waals surface area contributed by atoms with Crippen molar-refractivity contribution < 1.29 is 9.53 Å². The maximum absolute atomic E-state index is 13.4. The number of anilines is 1. The van der Waals surface area contributed by atoms with Gasteiger partial charge >= 0.3 is 0 Å². The molecule has 1 amide bonds. The van der Waals surface area contributed by atoms with Crippen molar-refractivity contribution in [1.29, 1.82) is 0 Å². The minimum atomic E-state index is -0.518. The molecule has 0 unspecified atom stereocenters. The molecule has 0 atom stereocenters. The molecule has 2 aromatic heterocycles. The predicted octanol–water partition coefficient (Wildman–Crippen LogP) is 3.00. The maximum Gasteiger partial charge on any atom is 0.237 e. The number of aromatic nitrogens is 3. The lowest BCUT2D eigenvalue weighted by atomic mass is 9.85.